The monoisotopic (exact) mass is 280 g/mol. The van der Waals surface area contributed by atoms with Crippen LogP contribution >= 0.6 is 0 Å². The molecule has 0 amide bonds. The second-order valence-corrected chi connectivity index (χ2v) is 4.35. The van der Waals surface area contributed by atoms with Gasteiger partial charge in [-0.05, 0) is 44.9 Å². The van der Waals surface area contributed by atoms with Crippen LogP contribution in [0.2, 0.25) is 0 Å². The maximum absolute atomic E-state index is 11.7. The predicted molar refractivity (Wildman–Crippen MR) is 73.8 cm³/mol. The molecular weight excluding hydrogens is 260 g/mol. The van der Waals surface area contributed by atoms with Crippen LogP contribution in [-0.2, 0) is 20.7 Å². The van der Waals surface area contributed by atoms with E-state index in [-0.39, 0.29) is 24.6 Å². The van der Waals surface area contributed by atoms with E-state index in [1.807, 2.05) is 6.92 Å². The molecule has 0 saturated carbocycles. The molecule has 0 aromatic heterocycles. The van der Waals surface area contributed by atoms with Gasteiger partial charge in [0.2, 0.25) is 0 Å². The van der Waals surface area contributed by atoms with Gasteiger partial charge in [0.05, 0.1) is 13.2 Å². The lowest BCUT2D eigenvalue weighted by molar-refractivity contribution is -0.151. The Kier molecular flexibility index (Phi) is 6.03. The Morgan fingerprint density at radius 2 is 1.95 bits per heavy atom. The molecule has 0 unspecified atom stereocenters. The van der Waals surface area contributed by atoms with Crippen molar-refractivity contribution >= 4 is 11.8 Å². The molecule has 0 fully saturated rings. The van der Waals surface area contributed by atoms with Crippen molar-refractivity contribution in [2.24, 2.45) is 5.92 Å². The number of benzene rings is 1. The lowest BCUT2D eigenvalue weighted by Gasteiger charge is -2.14. The summed E-state index contributed by atoms with van der Waals surface area (Å²) in [5.41, 5.74) is 0.736. The minimum Gasteiger partial charge on any atom is -0.504 e. The summed E-state index contributed by atoms with van der Waals surface area (Å²) in [5, 5.41) is 9.62. The number of ketones is 1. The van der Waals surface area contributed by atoms with Crippen LogP contribution in [0.3, 0.4) is 0 Å². The standard InChI is InChI=1S/C15H20O5/c1-4-19-14-9-11(6-7-13(14)17)8-12(10(3)16)15(18)20-5-2/h6-7,9,12,17H,4-5,8H2,1-3H3/t12-/m0/s1. The number of hydrogen-bond donors (Lipinski definition) is 1. The van der Waals surface area contributed by atoms with Crippen molar-refractivity contribution in [2.45, 2.75) is 27.2 Å². The Morgan fingerprint density at radius 1 is 1.25 bits per heavy atom. The van der Waals surface area contributed by atoms with E-state index >= 15 is 0 Å². The van der Waals surface area contributed by atoms with Crippen molar-refractivity contribution in [1.29, 1.82) is 0 Å². The molecule has 0 aliphatic heterocycles. The molecule has 0 heterocycles. The molecule has 5 nitrogen and oxygen atoms in total. The van der Waals surface area contributed by atoms with Crippen LogP contribution in [0.15, 0.2) is 18.2 Å². The summed E-state index contributed by atoms with van der Waals surface area (Å²) in [7, 11) is 0. The summed E-state index contributed by atoms with van der Waals surface area (Å²) in [6.45, 7) is 5.53. The Balaban J connectivity index is 2.91. The molecule has 5 heteroatoms. The smallest absolute Gasteiger partial charge is 0.316 e. The van der Waals surface area contributed by atoms with E-state index in [9.17, 15) is 14.7 Å². The zero-order chi connectivity index (χ0) is 15.1. The molecule has 1 N–H and O–H groups in total. The van der Waals surface area contributed by atoms with Crippen LogP contribution in [0.1, 0.15) is 26.3 Å². The molecule has 1 rings (SSSR count). The molecule has 1 aromatic rings. The summed E-state index contributed by atoms with van der Waals surface area (Å²) in [4.78, 5) is 23.3. The van der Waals surface area contributed by atoms with Crippen LogP contribution in [0, 0.1) is 5.92 Å². The lowest BCUT2D eigenvalue weighted by Crippen LogP contribution is -2.26. The number of rotatable bonds is 7. The van der Waals surface area contributed by atoms with E-state index < -0.39 is 11.9 Å². The highest BCUT2D eigenvalue weighted by Crippen LogP contribution is 2.28. The summed E-state index contributed by atoms with van der Waals surface area (Å²) in [6.07, 6.45) is 0.231. The first-order valence-corrected chi connectivity index (χ1v) is 6.61. The third-order valence-electron chi connectivity index (χ3n) is 2.83. The van der Waals surface area contributed by atoms with Gasteiger partial charge in [-0.1, -0.05) is 6.07 Å². The first kappa shape index (κ1) is 16.0. The number of phenolic OH excluding ortho intramolecular Hbond substituents is 1. The van der Waals surface area contributed by atoms with Gasteiger partial charge in [0.25, 0.3) is 0 Å². The first-order chi connectivity index (χ1) is 9.49. The molecule has 0 radical (unpaired) electrons. The molecule has 1 aromatic carbocycles. The number of ether oxygens (including phenoxy) is 2. The third kappa shape index (κ3) is 4.26. The van der Waals surface area contributed by atoms with Crippen LogP contribution in [-0.4, -0.2) is 30.1 Å². The van der Waals surface area contributed by atoms with Crippen molar-refractivity contribution in [3.05, 3.63) is 23.8 Å². The van der Waals surface area contributed by atoms with Gasteiger partial charge < -0.3 is 14.6 Å². The highest BCUT2D eigenvalue weighted by atomic mass is 16.5. The highest BCUT2D eigenvalue weighted by molar-refractivity contribution is 5.98. The molecule has 1 atom stereocenters. The van der Waals surface area contributed by atoms with Crippen LogP contribution in [0.25, 0.3) is 0 Å². The van der Waals surface area contributed by atoms with Gasteiger partial charge in [-0.3, -0.25) is 9.59 Å². The Labute approximate surface area is 118 Å². The number of esters is 1. The van der Waals surface area contributed by atoms with E-state index in [4.69, 9.17) is 9.47 Å². The lowest BCUT2D eigenvalue weighted by atomic mass is 9.96. The minimum atomic E-state index is -0.825. The Morgan fingerprint density at radius 3 is 2.50 bits per heavy atom. The quantitative estimate of drug-likeness (QED) is 0.611. The van der Waals surface area contributed by atoms with Crippen molar-refractivity contribution in [3.8, 4) is 11.5 Å². The van der Waals surface area contributed by atoms with Gasteiger partial charge in [-0.2, -0.15) is 0 Å². The van der Waals surface area contributed by atoms with Gasteiger partial charge in [0.1, 0.15) is 11.7 Å². The maximum Gasteiger partial charge on any atom is 0.316 e. The minimum absolute atomic E-state index is 0.0334. The number of phenols is 1. The second-order valence-electron chi connectivity index (χ2n) is 4.35. The second kappa shape index (κ2) is 7.53. The largest absolute Gasteiger partial charge is 0.504 e. The maximum atomic E-state index is 11.7. The van der Waals surface area contributed by atoms with Crippen molar-refractivity contribution in [1.82, 2.24) is 0 Å². The van der Waals surface area contributed by atoms with Gasteiger partial charge in [0, 0.05) is 0 Å². The fraction of sp³-hybridized carbons (Fsp3) is 0.467. The van der Waals surface area contributed by atoms with Crippen LogP contribution < -0.4 is 4.74 Å². The summed E-state index contributed by atoms with van der Waals surface area (Å²) >= 11 is 0. The summed E-state index contributed by atoms with van der Waals surface area (Å²) in [5.74, 6) is -1.21. The molecule has 0 aliphatic rings. The Hall–Kier alpha value is -2.04. The van der Waals surface area contributed by atoms with Crippen LogP contribution in [0.5, 0.6) is 11.5 Å². The topological polar surface area (TPSA) is 72.8 Å². The highest BCUT2D eigenvalue weighted by Gasteiger charge is 2.25. The molecule has 0 saturated heterocycles. The zero-order valence-corrected chi connectivity index (χ0v) is 12.0. The van der Waals surface area contributed by atoms with Crippen molar-refractivity contribution in [2.75, 3.05) is 13.2 Å². The van der Waals surface area contributed by atoms with Gasteiger partial charge in [-0.25, -0.2) is 0 Å². The van der Waals surface area contributed by atoms with E-state index in [0.29, 0.717) is 12.4 Å². The molecular formula is C15H20O5. The normalized spacial score (nSPS) is 11.8. The van der Waals surface area contributed by atoms with Crippen LogP contribution in [0.4, 0.5) is 0 Å². The van der Waals surface area contributed by atoms with E-state index in [1.165, 1.54) is 13.0 Å². The molecule has 0 aliphatic carbocycles. The van der Waals surface area contributed by atoms with Crippen molar-refractivity contribution in [3.63, 3.8) is 0 Å². The van der Waals surface area contributed by atoms with Gasteiger partial charge in [-0.15, -0.1) is 0 Å². The van der Waals surface area contributed by atoms with E-state index in [2.05, 4.69) is 0 Å². The number of hydrogen-bond acceptors (Lipinski definition) is 5. The molecule has 110 valence electrons. The number of Topliss-reactive ketones (excluding diaryl/α,β-unsaturated/α-hetero) is 1. The number of carbonyl (C=O) groups excluding carboxylic acids is 2. The van der Waals surface area contributed by atoms with Gasteiger partial charge in [0.15, 0.2) is 11.5 Å². The molecule has 20 heavy (non-hydrogen) atoms. The van der Waals surface area contributed by atoms with E-state index in [0.717, 1.165) is 5.56 Å². The average molecular weight is 280 g/mol. The SMILES string of the molecule is CCOC(=O)[C@@H](Cc1ccc(O)c(OCC)c1)C(C)=O. The predicted octanol–water partition coefficient (Wildman–Crippen LogP) is 2.10. The van der Waals surface area contributed by atoms with E-state index in [1.54, 1.807) is 19.1 Å². The number of carbonyl (C=O) groups is 2. The molecule has 0 bridgehead atoms. The Bertz CT molecular complexity index is 481. The van der Waals surface area contributed by atoms with Crippen molar-refractivity contribution < 1.29 is 24.2 Å². The average Bonchev–Trinajstić information content (AvgIpc) is 2.39. The zero-order valence-electron chi connectivity index (χ0n) is 12.0. The molecule has 0 spiro atoms. The summed E-state index contributed by atoms with van der Waals surface area (Å²) < 4.78 is 10.2. The number of aromatic hydroxyl groups is 1. The summed E-state index contributed by atoms with van der Waals surface area (Å²) in [6, 6.07) is 4.78. The fourth-order valence-electron chi connectivity index (χ4n) is 1.83. The third-order valence-corrected chi connectivity index (χ3v) is 2.83. The first-order valence-electron chi connectivity index (χ1n) is 6.61. The van der Waals surface area contributed by atoms with Gasteiger partial charge >= 0.3 is 5.97 Å². The fourth-order valence-corrected chi connectivity index (χ4v) is 1.83.